The first-order chi connectivity index (χ1) is 9.06. The largest absolute Gasteiger partial charge is 0.507 e. The lowest BCUT2D eigenvalue weighted by atomic mass is 10.1. The van der Waals surface area contributed by atoms with E-state index in [-0.39, 0.29) is 17.9 Å². The van der Waals surface area contributed by atoms with Crippen LogP contribution < -0.4 is 4.74 Å². The van der Waals surface area contributed by atoms with Crippen molar-refractivity contribution >= 4 is 5.97 Å². The first-order valence-electron chi connectivity index (χ1n) is 5.81. The topological polar surface area (TPSA) is 66.8 Å². The minimum atomic E-state index is -1.15. The molecule has 4 heteroatoms. The van der Waals surface area contributed by atoms with Crippen LogP contribution in [0.3, 0.4) is 0 Å². The number of aryl methyl sites for hydroxylation is 1. The molecule has 98 valence electrons. The van der Waals surface area contributed by atoms with Gasteiger partial charge in [-0.2, -0.15) is 0 Å². The number of phenols is 1. The SMILES string of the molecule is Cc1cccc(OCc2ccc(C(=O)O)c(O)c2)c1. The molecule has 4 nitrogen and oxygen atoms in total. The molecule has 0 aromatic heterocycles. The molecule has 0 saturated carbocycles. The molecule has 19 heavy (non-hydrogen) atoms. The summed E-state index contributed by atoms with van der Waals surface area (Å²) in [6.07, 6.45) is 0. The third-order valence-electron chi connectivity index (χ3n) is 2.69. The van der Waals surface area contributed by atoms with Crippen molar-refractivity contribution in [3.8, 4) is 11.5 Å². The second kappa shape index (κ2) is 5.44. The lowest BCUT2D eigenvalue weighted by molar-refractivity contribution is 0.0693. The van der Waals surface area contributed by atoms with Gasteiger partial charge in [-0.1, -0.05) is 18.2 Å². The highest BCUT2D eigenvalue weighted by atomic mass is 16.5. The van der Waals surface area contributed by atoms with Crippen molar-refractivity contribution in [2.45, 2.75) is 13.5 Å². The van der Waals surface area contributed by atoms with E-state index in [0.29, 0.717) is 5.56 Å². The summed E-state index contributed by atoms with van der Waals surface area (Å²) >= 11 is 0. The predicted molar refractivity (Wildman–Crippen MR) is 70.6 cm³/mol. The summed E-state index contributed by atoms with van der Waals surface area (Å²) in [5.74, 6) is -0.664. The zero-order valence-electron chi connectivity index (χ0n) is 10.5. The van der Waals surface area contributed by atoms with Gasteiger partial charge in [-0.3, -0.25) is 0 Å². The fourth-order valence-electron chi connectivity index (χ4n) is 1.72. The molecular weight excluding hydrogens is 244 g/mol. The lowest BCUT2D eigenvalue weighted by Crippen LogP contribution is -2.00. The highest BCUT2D eigenvalue weighted by Crippen LogP contribution is 2.20. The highest BCUT2D eigenvalue weighted by Gasteiger charge is 2.09. The van der Waals surface area contributed by atoms with Gasteiger partial charge < -0.3 is 14.9 Å². The molecule has 0 spiro atoms. The molecule has 2 aromatic carbocycles. The van der Waals surface area contributed by atoms with Crippen molar-refractivity contribution in [1.82, 2.24) is 0 Å². The fraction of sp³-hybridized carbons (Fsp3) is 0.133. The predicted octanol–water partition coefficient (Wildman–Crippen LogP) is 2.98. The number of ether oxygens (including phenoxy) is 1. The Morgan fingerprint density at radius 3 is 2.63 bits per heavy atom. The van der Waals surface area contributed by atoms with Crippen LogP contribution in [0.1, 0.15) is 21.5 Å². The Kier molecular flexibility index (Phi) is 3.71. The maximum Gasteiger partial charge on any atom is 0.339 e. The molecule has 0 atom stereocenters. The average molecular weight is 258 g/mol. The summed E-state index contributed by atoms with van der Waals surface area (Å²) in [4.78, 5) is 10.8. The first-order valence-corrected chi connectivity index (χ1v) is 5.81. The molecule has 0 aliphatic carbocycles. The summed E-state index contributed by atoms with van der Waals surface area (Å²) in [5, 5.41) is 18.4. The second-order valence-electron chi connectivity index (χ2n) is 4.26. The maximum absolute atomic E-state index is 10.8. The summed E-state index contributed by atoms with van der Waals surface area (Å²) in [5.41, 5.74) is 1.70. The van der Waals surface area contributed by atoms with Gasteiger partial charge in [0.1, 0.15) is 23.7 Å². The first kappa shape index (κ1) is 13.0. The van der Waals surface area contributed by atoms with Crippen LogP contribution in [0.2, 0.25) is 0 Å². The van der Waals surface area contributed by atoms with Crippen LogP contribution in [0, 0.1) is 6.92 Å². The van der Waals surface area contributed by atoms with Crippen molar-refractivity contribution < 1.29 is 19.7 Å². The molecule has 2 N–H and O–H groups in total. The summed E-state index contributed by atoms with van der Waals surface area (Å²) in [6, 6.07) is 12.0. The number of carboxylic acid groups (broad SMARTS) is 1. The number of aromatic carboxylic acids is 1. The Balaban J connectivity index is 2.08. The molecule has 2 aromatic rings. The number of hydrogen-bond donors (Lipinski definition) is 2. The third kappa shape index (κ3) is 3.25. The van der Waals surface area contributed by atoms with Crippen LogP contribution in [-0.4, -0.2) is 16.2 Å². The Labute approximate surface area is 110 Å². The Morgan fingerprint density at radius 1 is 1.21 bits per heavy atom. The Morgan fingerprint density at radius 2 is 2.00 bits per heavy atom. The van der Waals surface area contributed by atoms with Gasteiger partial charge in [-0.15, -0.1) is 0 Å². The van der Waals surface area contributed by atoms with Crippen molar-refractivity contribution in [3.63, 3.8) is 0 Å². The van der Waals surface area contributed by atoms with Gasteiger partial charge in [0, 0.05) is 0 Å². The van der Waals surface area contributed by atoms with Crippen LogP contribution in [0.25, 0.3) is 0 Å². The number of carbonyl (C=O) groups is 1. The van der Waals surface area contributed by atoms with Crippen LogP contribution in [0.5, 0.6) is 11.5 Å². The molecule has 0 aliphatic rings. The van der Waals surface area contributed by atoms with E-state index in [9.17, 15) is 9.90 Å². The molecule has 2 rings (SSSR count). The van der Waals surface area contributed by atoms with E-state index in [1.165, 1.54) is 12.1 Å². The number of rotatable bonds is 4. The standard InChI is InChI=1S/C15H14O4/c1-10-3-2-4-12(7-10)19-9-11-5-6-13(15(17)18)14(16)8-11/h2-8,16H,9H2,1H3,(H,17,18). The Bertz CT molecular complexity index is 605. The number of hydrogen-bond acceptors (Lipinski definition) is 3. The minimum Gasteiger partial charge on any atom is -0.507 e. The van der Waals surface area contributed by atoms with Crippen LogP contribution in [0.4, 0.5) is 0 Å². The molecule has 0 saturated heterocycles. The second-order valence-corrected chi connectivity index (χ2v) is 4.26. The monoisotopic (exact) mass is 258 g/mol. The van der Waals surface area contributed by atoms with Gasteiger partial charge in [0.05, 0.1) is 0 Å². The van der Waals surface area contributed by atoms with E-state index in [4.69, 9.17) is 9.84 Å². The summed E-state index contributed by atoms with van der Waals surface area (Å²) < 4.78 is 5.57. The van der Waals surface area contributed by atoms with Gasteiger partial charge >= 0.3 is 5.97 Å². The molecular formula is C15H14O4. The molecule has 0 aliphatic heterocycles. The summed E-state index contributed by atoms with van der Waals surface area (Å²) in [7, 11) is 0. The van der Waals surface area contributed by atoms with Crippen LogP contribution >= 0.6 is 0 Å². The normalized spacial score (nSPS) is 10.2. The fourth-order valence-corrected chi connectivity index (χ4v) is 1.72. The van der Waals surface area contributed by atoms with Gasteiger partial charge in [0.2, 0.25) is 0 Å². The molecule has 0 heterocycles. The van der Waals surface area contributed by atoms with Gasteiger partial charge in [0.25, 0.3) is 0 Å². The van der Waals surface area contributed by atoms with Gasteiger partial charge in [-0.25, -0.2) is 4.79 Å². The zero-order chi connectivity index (χ0) is 13.8. The van der Waals surface area contributed by atoms with E-state index >= 15 is 0 Å². The summed E-state index contributed by atoms with van der Waals surface area (Å²) in [6.45, 7) is 2.25. The van der Waals surface area contributed by atoms with E-state index in [2.05, 4.69) is 0 Å². The van der Waals surface area contributed by atoms with Crippen molar-refractivity contribution in [3.05, 3.63) is 59.2 Å². The molecule has 0 unspecified atom stereocenters. The third-order valence-corrected chi connectivity index (χ3v) is 2.69. The Hall–Kier alpha value is -2.49. The lowest BCUT2D eigenvalue weighted by Gasteiger charge is -2.08. The zero-order valence-corrected chi connectivity index (χ0v) is 10.5. The van der Waals surface area contributed by atoms with E-state index < -0.39 is 5.97 Å². The quantitative estimate of drug-likeness (QED) is 0.884. The van der Waals surface area contributed by atoms with E-state index in [0.717, 1.165) is 11.3 Å². The van der Waals surface area contributed by atoms with Crippen molar-refractivity contribution in [1.29, 1.82) is 0 Å². The van der Waals surface area contributed by atoms with E-state index in [1.807, 2.05) is 31.2 Å². The smallest absolute Gasteiger partial charge is 0.339 e. The molecule has 0 radical (unpaired) electrons. The number of benzene rings is 2. The molecule has 0 amide bonds. The van der Waals surface area contributed by atoms with E-state index in [1.54, 1.807) is 6.07 Å². The number of aromatic hydroxyl groups is 1. The van der Waals surface area contributed by atoms with Crippen molar-refractivity contribution in [2.75, 3.05) is 0 Å². The van der Waals surface area contributed by atoms with Gasteiger partial charge in [0.15, 0.2) is 0 Å². The minimum absolute atomic E-state index is 0.112. The van der Waals surface area contributed by atoms with Gasteiger partial charge in [-0.05, 0) is 42.3 Å². The highest BCUT2D eigenvalue weighted by molar-refractivity contribution is 5.90. The molecule has 0 bridgehead atoms. The average Bonchev–Trinajstić information content (AvgIpc) is 2.36. The van der Waals surface area contributed by atoms with Crippen LogP contribution in [-0.2, 0) is 6.61 Å². The molecule has 0 fully saturated rings. The number of carboxylic acids is 1. The van der Waals surface area contributed by atoms with Crippen LogP contribution in [0.15, 0.2) is 42.5 Å². The van der Waals surface area contributed by atoms with Crippen molar-refractivity contribution in [2.24, 2.45) is 0 Å². The maximum atomic E-state index is 10.8.